The molecule has 0 saturated carbocycles. The van der Waals surface area contributed by atoms with Crippen molar-refractivity contribution in [3.05, 3.63) is 82.1 Å². The van der Waals surface area contributed by atoms with Gasteiger partial charge in [-0.1, -0.05) is 28.1 Å². The predicted octanol–water partition coefficient (Wildman–Crippen LogP) is 4.34. The van der Waals surface area contributed by atoms with E-state index in [-0.39, 0.29) is 5.91 Å². The van der Waals surface area contributed by atoms with Gasteiger partial charge >= 0.3 is 0 Å². The molecule has 1 heterocycles. The summed E-state index contributed by atoms with van der Waals surface area (Å²) in [6.45, 7) is 4.68. The van der Waals surface area contributed by atoms with Crippen LogP contribution in [0.15, 0.2) is 70.4 Å². The normalized spacial score (nSPS) is 11.3. The molecule has 2 aromatic carbocycles. The van der Waals surface area contributed by atoms with E-state index in [9.17, 15) is 4.79 Å². The lowest BCUT2D eigenvalue weighted by atomic mass is 10.1. The number of hydrogen-bond donors (Lipinski definition) is 1. The summed E-state index contributed by atoms with van der Waals surface area (Å²) in [7, 11) is 0. The third-order valence-corrected chi connectivity index (χ3v) is 4.45. The highest BCUT2D eigenvalue weighted by atomic mass is 79.9. The van der Waals surface area contributed by atoms with E-state index < -0.39 is 0 Å². The largest absolute Gasteiger partial charge is 0.489 e. The zero-order valence-corrected chi connectivity index (χ0v) is 17.3. The average Bonchev–Trinajstić information content (AvgIpc) is 3.10. The Morgan fingerprint density at radius 1 is 1.21 bits per heavy atom. The van der Waals surface area contributed by atoms with Crippen LogP contribution < -0.4 is 10.2 Å². The Kier molecular flexibility index (Phi) is 6.60. The number of ether oxygens (including phenoxy) is 1. The second-order valence-electron chi connectivity index (χ2n) is 6.39. The van der Waals surface area contributed by atoms with Gasteiger partial charge in [-0.15, -0.1) is 0 Å². The van der Waals surface area contributed by atoms with Gasteiger partial charge in [0.1, 0.15) is 12.4 Å². The number of hydrogen-bond acceptors (Lipinski definition) is 4. The van der Waals surface area contributed by atoms with Crippen LogP contribution in [0.2, 0.25) is 0 Å². The minimum atomic E-state index is -0.263. The van der Waals surface area contributed by atoms with Crippen molar-refractivity contribution in [3.8, 4) is 5.75 Å². The van der Waals surface area contributed by atoms with Crippen molar-refractivity contribution in [2.75, 3.05) is 0 Å². The van der Waals surface area contributed by atoms with Gasteiger partial charge in [0.25, 0.3) is 5.91 Å². The lowest BCUT2D eigenvalue weighted by Crippen LogP contribution is -2.21. The van der Waals surface area contributed by atoms with Gasteiger partial charge in [-0.3, -0.25) is 9.48 Å². The van der Waals surface area contributed by atoms with E-state index in [1.54, 1.807) is 16.8 Å². The summed E-state index contributed by atoms with van der Waals surface area (Å²) in [5.74, 6) is 0.508. The van der Waals surface area contributed by atoms with E-state index in [4.69, 9.17) is 4.74 Å². The molecule has 0 spiro atoms. The fraction of sp³-hybridized carbons (Fsp3) is 0.190. The minimum absolute atomic E-state index is 0.263. The van der Waals surface area contributed by atoms with E-state index in [0.717, 1.165) is 27.2 Å². The highest BCUT2D eigenvalue weighted by Gasteiger charge is 2.06. The standard InChI is InChI=1S/C21H21BrN4O2/c1-15-10-11-26(25-15)13-16(2)23-24-21(27)18-5-3-4-17(12-18)14-28-20-8-6-19(22)7-9-20/h3-12H,13-14H2,1-2H3,(H,24,27)/b23-16-. The summed E-state index contributed by atoms with van der Waals surface area (Å²) in [5, 5.41) is 8.46. The molecule has 28 heavy (non-hydrogen) atoms. The monoisotopic (exact) mass is 440 g/mol. The summed E-state index contributed by atoms with van der Waals surface area (Å²) in [4.78, 5) is 12.4. The van der Waals surface area contributed by atoms with Crippen molar-refractivity contribution in [3.63, 3.8) is 0 Å². The summed E-state index contributed by atoms with van der Waals surface area (Å²) >= 11 is 3.40. The zero-order chi connectivity index (χ0) is 19.9. The number of nitrogens with zero attached hydrogens (tertiary/aromatic N) is 3. The van der Waals surface area contributed by atoms with Crippen LogP contribution in [0.5, 0.6) is 5.75 Å². The van der Waals surface area contributed by atoms with Crippen LogP contribution in [0.4, 0.5) is 0 Å². The molecule has 0 radical (unpaired) electrons. The van der Waals surface area contributed by atoms with Crippen molar-refractivity contribution < 1.29 is 9.53 Å². The van der Waals surface area contributed by atoms with Gasteiger partial charge in [0.2, 0.25) is 0 Å². The highest BCUT2D eigenvalue weighted by molar-refractivity contribution is 9.10. The van der Waals surface area contributed by atoms with Crippen LogP contribution in [0.1, 0.15) is 28.5 Å². The SMILES string of the molecule is C/C(Cn1ccc(C)n1)=N/NC(=O)c1cccc(COc2ccc(Br)cc2)c1. The number of rotatable bonds is 7. The lowest BCUT2D eigenvalue weighted by molar-refractivity contribution is 0.0954. The van der Waals surface area contributed by atoms with Crippen molar-refractivity contribution in [1.29, 1.82) is 0 Å². The Hall–Kier alpha value is -2.93. The van der Waals surface area contributed by atoms with Gasteiger partial charge in [-0.05, 0) is 61.9 Å². The first-order chi connectivity index (χ1) is 13.5. The van der Waals surface area contributed by atoms with Crippen LogP contribution in [0, 0.1) is 6.92 Å². The van der Waals surface area contributed by atoms with E-state index in [1.807, 2.05) is 62.5 Å². The molecule has 0 aliphatic heterocycles. The van der Waals surface area contributed by atoms with E-state index in [2.05, 4.69) is 31.6 Å². The number of hydrazone groups is 1. The molecule has 7 heteroatoms. The lowest BCUT2D eigenvalue weighted by Gasteiger charge is -2.08. The molecule has 0 fully saturated rings. The van der Waals surface area contributed by atoms with Crippen LogP contribution in [0.25, 0.3) is 0 Å². The third kappa shape index (κ3) is 5.79. The maximum absolute atomic E-state index is 12.4. The second kappa shape index (κ2) is 9.32. The molecule has 0 unspecified atom stereocenters. The highest BCUT2D eigenvalue weighted by Crippen LogP contribution is 2.17. The molecule has 0 bridgehead atoms. The molecule has 1 N–H and O–H groups in total. The Morgan fingerprint density at radius 2 is 2.00 bits per heavy atom. The fourth-order valence-corrected chi connectivity index (χ4v) is 2.80. The van der Waals surface area contributed by atoms with E-state index in [1.165, 1.54) is 0 Å². The average molecular weight is 441 g/mol. The molecule has 3 rings (SSSR count). The van der Waals surface area contributed by atoms with Crippen LogP contribution in [-0.4, -0.2) is 21.4 Å². The van der Waals surface area contributed by atoms with Crippen molar-refractivity contribution >= 4 is 27.5 Å². The topological polar surface area (TPSA) is 68.5 Å². The zero-order valence-electron chi connectivity index (χ0n) is 15.7. The first-order valence-corrected chi connectivity index (χ1v) is 9.60. The van der Waals surface area contributed by atoms with Gasteiger partial charge in [0, 0.05) is 16.2 Å². The first-order valence-electron chi connectivity index (χ1n) is 8.80. The minimum Gasteiger partial charge on any atom is -0.489 e. The maximum atomic E-state index is 12.4. The van der Waals surface area contributed by atoms with Gasteiger partial charge in [-0.2, -0.15) is 10.2 Å². The predicted molar refractivity (Wildman–Crippen MR) is 112 cm³/mol. The van der Waals surface area contributed by atoms with Crippen molar-refractivity contribution in [1.82, 2.24) is 15.2 Å². The van der Waals surface area contributed by atoms with Crippen LogP contribution >= 0.6 is 15.9 Å². The van der Waals surface area contributed by atoms with Crippen LogP contribution in [0.3, 0.4) is 0 Å². The molecule has 0 aliphatic rings. The Bertz CT molecular complexity index is 980. The molecular formula is C21H21BrN4O2. The fourth-order valence-electron chi connectivity index (χ4n) is 2.53. The second-order valence-corrected chi connectivity index (χ2v) is 7.30. The molecule has 0 atom stereocenters. The molecule has 3 aromatic rings. The number of aromatic nitrogens is 2. The van der Waals surface area contributed by atoms with Gasteiger partial charge < -0.3 is 4.74 Å². The number of benzene rings is 2. The quantitative estimate of drug-likeness (QED) is 0.438. The van der Waals surface area contributed by atoms with E-state index in [0.29, 0.717) is 18.7 Å². The maximum Gasteiger partial charge on any atom is 0.271 e. The summed E-state index contributed by atoms with van der Waals surface area (Å²) < 4.78 is 8.53. The number of aryl methyl sites for hydroxylation is 1. The molecule has 1 amide bonds. The van der Waals surface area contributed by atoms with Gasteiger partial charge in [0.05, 0.1) is 18.0 Å². The Morgan fingerprint density at radius 3 is 2.71 bits per heavy atom. The smallest absolute Gasteiger partial charge is 0.271 e. The van der Waals surface area contributed by atoms with E-state index >= 15 is 0 Å². The summed E-state index contributed by atoms with van der Waals surface area (Å²) in [6.07, 6.45) is 1.88. The van der Waals surface area contributed by atoms with Crippen molar-refractivity contribution in [2.45, 2.75) is 27.0 Å². The van der Waals surface area contributed by atoms with Crippen LogP contribution in [-0.2, 0) is 13.2 Å². The first kappa shape index (κ1) is 19.8. The molecule has 0 saturated heterocycles. The number of carbonyl (C=O) groups excluding carboxylic acids is 1. The third-order valence-electron chi connectivity index (χ3n) is 3.92. The molecule has 6 nitrogen and oxygen atoms in total. The number of carbonyl (C=O) groups is 1. The van der Waals surface area contributed by atoms with Gasteiger partial charge in [-0.25, -0.2) is 5.43 Å². The molecule has 0 aliphatic carbocycles. The summed E-state index contributed by atoms with van der Waals surface area (Å²) in [6, 6.07) is 16.8. The van der Waals surface area contributed by atoms with Gasteiger partial charge in [0.15, 0.2) is 0 Å². The molecular weight excluding hydrogens is 420 g/mol. The van der Waals surface area contributed by atoms with Crippen molar-refractivity contribution in [2.24, 2.45) is 5.10 Å². The number of halogens is 1. The Labute approximate surface area is 172 Å². The molecule has 1 aromatic heterocycles. The summed E-state index contributed by atoms with van der Waals surface area (Å²) in [5.41, 5.74) is 5.73. The number of amides is 1. The Balaban J connectivity index is 1.57. The number of nitrogens with one attached hydrogen (secondary N) is 1. The molecule has 144 valence electrons.